The molecule has 2 aliphatic heterocycles. The fraction of sp³-hybridized carbons (Fsp3) is 0.421. The van der Waals surface area contributed by atoms with Gasteiger partial charge in [-0.3, -0.25) is 19.7 Å². The minimum absolute atomic E-state index is 0.113. The lowest BCUT2D eigenvalue weighted by atomic mass is 9.80. The minimum Gasteiger partial charge on any atom is -0.333 e. The highest BCUT2D eigenvalue weighted by atomic mass is 19.4. The molecule has 1 fully saturated rings. The third-order valence-electron chi connectivity index (χ3n) is 4.90. The van der Waals surface area contributed by atoms with Crippen LogP contribution in [0, 0.1) is 18.3 Å². The summed E-state index contributed by atoms with van der Waals surface area (Å²) < 4.78 is 42.7. The normalized spacial score (nSPS) is 24.4. The number of amidine groups is 1. The number of hydrogen-bond donors (Lipinski definition) is 2. The summed E-state index contributed by atoms with van der Waals surface area (Å²) in [4.78, 5) is 54.1. The van der Waals surface area contributed by atoms with E-state index in [4.69, 9.17) is 0 Å². The van der Waals surface area contributed by atoms with Crippen molar-refractivity contribution in [3.05, 3.63) is 29.8 Å². The van der Waals surface area contributed by atoms with Crippen LogP contribution < -0.4 is 15.5 Å². The smallest absolute Gasteiger partial charge is 0.333 e. The highest BCUT2D eigenvalue weighted by molar-refractivity contribution is 6.35. The Labute approximate surface area is 169 Å². The van der Waals surface area contributed by atoms with E-state index in [1.807, 2.05) is 5.32 Å². The molecular weight excluding hydrogens is 405 g/mol. The zero-order chi connectivity index (χ0) is 22.6. The Bertz CT molecular complexity index is 979. The van der Waals surface area contributed by atoms with Crippen molar-refractivity contribution in [2.24, 2.45) is 16.3 Å². The highest BCUT2D eigenvalue weighted by Crippen LogP contribution is 2.45. The number of amides is 5. The van der Waals surface area contributed by atoms with Crippen molar-refractivity contribution in [3.8, 4) is 0 Å². The molecule has 2 N–H and O–H groups in total. The fourth-order valence-electron chi connectivity index (χ4n) is 3.20. The number of rotatable bonds is 2. The molecule has 0 aliphatic carbocycles. The maximum Gasteiger partial charge on any atom is 0.422 e. The molecule has 5 amide bonds. The van der Waals surface area contributed by atoms with Crippen molar-refractivity contribution in [3.63, 3.8) is 0 Å². The van der Waals surface area contributed by atoms with E-state index in [1.165, 1.54) is 32.9 Å². The summed E-state index contributed by atoms with van der Waals surface area (Å²) in [7, 11) is 0. The average molecular weight is 424 g/mol. The van der Waals surface area contributed by atoms with Gasteiger partial charge in [-0.05, 0) is 19.1 Å². The second kappa shape index (κ2) is 6.64. The molecule has 0 radical (unpaired) electrons. The number of carbonyl (C=O) groups is 4. The molecule has 0 spiro atoms. The number of carbonyl (C=O) groups excluding carboxylic acids is 4. The first-order valence-corrected chi connectivity index (χ1v) is 8.94. The van der Waals surface area contributed by atoms with Crippen molar-refractivity contribution < 1.29 is 32.3 Å². The Kier molecular flexibility index (Phi) is 4.75. The molecule has 3 rings (SSSR count). The number of anilines is 1. The third-order valence-corrected chi connectivity index (χ3v) is 4.90. The number of fused-ring (bicyclic) bond motifs is 1. The third kappa shape index (κ3) is 3.14. The van der Waals surface area contributed by atoms with E-state index < -0.39 is 52.6 Å². The molecule has 8 nitrogen and oxygen atoms in total. The molecule has 1 saturated heterocycles. The predicted octanol–water partition coefficient (Wildman–Crippen LogP) is 2.07. The van der Waals surface area contributed by atoms with E-state index in [-0.39, 0.29) is 5.69 Å². The summed E-state index contributed by atoms with van der Waals surface area (Å²) in [5.41, 5.74) is -3.99. The van der Waals surface area contributed by atoms with Gasteiger partial charge in [-0.1, -0.05) is 38.5 Å². The van der Waals surface area contributed by atoms with Crippen LogP contribution in [-0.2, 0) is 14.4 Å². The first-order chi connectivity index (χ1) is 13.7. The zero-order valence-electron chi connectivity index (χ0n) is 16.5. The summed E-state index contributed by atoms with van der Waals surface area (Å²) in [6, 6.07) is 5.03. The predicted molar refractivity (Wildman–Crippen MR) is 99.5 cm³/mol. The lowest BCUT2D eigenvalue weighted by Gasteiger charge is -2.40. The minimum atomic E-state index is -5.36. The van der Waals surface area contributed by atoms with Crippen LogP contribution in [0.2, 0.25) is 0 Å². The van der Waals surface area contributed by atoms with Gasteiger partial charge in [-0.2, -0.15) is 18.2 Å². The second-order valence-corrected chi connectivity index (χ2v) is 8.18. The van der Waals surface area contributed by atoms with Crippen LogP contribution in [-0.4, -0.2) is 41.3 Å². The van der Waals surface area contributed by atoms with Crippen LogP contribution in [0.1, 0.15) is 26.3 Å². The first-order valence-electron chi connectivity index (χ1n) is 8.94. The number of benzene rings is 1. The van der Waals surface area contributed by atoms with Gasteiger partial charge in [0, 0.05) is 5.41 Å². The van der Waals surface area contributed by atoms with Gasteiger partial charge in [-0.25, -0.2) is 9.69 Å². The number of hydrogen-bond acceptors (Lipinski definition) is 4. The van der Waals surface area contributed by atoms with Crippen molar-refractivity contribution >= 4 is 35.3 Å². The van der Waals surface area contributed by atoms with E-state index in [9.17, 15) is 32.3 Å². The van der Waals surface area contributed by atoms with E-state index in [1.54, 1.807) is 24.4 Å². The van der Waals surface area contributed by atoms with Crippen LogP contribution in [0.4, 0.5) is 23.7 Å². The largest absolute Gasteiger partial charge is 0.422 e. The van der Waals surface area contributed by atoms with Gasteiger partial charge in [-0.15, -0.1) is 0 Å². The maximum absolute atomic E-state index is 14.2. The van der Waals surface area contributed by atoms with Gasteiger partial charge in [0.25, 0.3) is 5.91 Å². The molecule has 0 saturated carbocycles. The molecule has 11 heteroatoms. The molecule has 0 aromatic heterocycles. The summed E-state index contributed by atoms with van der Waals surface area (Å²) in [6.07, 6.45) is -5.36. The molecule has 2 atom stereocenters. The summed E-state index contributed by atoms with van der Waals surface area (Å²) in [5, 5.41) is 3.56. The Morgan fingerprint density at radius 3 is 2.20 bits per heavy atom. The summed E-state index contributed by atoms with van der Waals surface area (Å²) in [6.45, 7) is 5.84. The monoisotopic (exact) mass is 424 g/mol. The Morgan fingerprint density at radius 1 is 1.13 bits per heavy atom. The molecule has 1 aromatic carbocycles. The SMILES string of the molecule is Cc1ccc(N2C(=O)NC(=O)C3C2=NC(=O)C3(NC(=O)C(C)(C)C)C(F)(F)F)cc1. The summed E-state index contributed by atoms with van der Waals surface area (Å²) >= 11 is 0. The molecule has 2 heterocycles. The Hall–Kier alpha value is -3.24. The Balaban J connectivity index is 2.17. The molecule has 2 aliphatic rings. The first kappa shape index (κ1) is 21.5. The molecule has 2 unspecified atom stereocenters. The van der Waals surface area contributed by atoms with Gasteiger partial charge >= 0.3 is 12.2 Å². The van der Waals surface area contributed by atoms with Crippen molar-refractivity contribution in [1.29, 1.82) is 0 Å². The number of halogens is 3. The number of alkyl halides is 3. The number of nitrogens with one attached hydrogen (secondary N) is 2. The van der Waals surface area contributed by atoms with Crippen molar-refractivity contribution in [2.75, 3.05) is 4.90 Å². The lowest BCUT2D eigenvalue weighted by Crippen LogP contribution is -2.73. The average Bonchev–Trinajstić information content (AvgIpc) is 2.89. The number of urea groups is 1. The van der Waals surface area contributed by atoms with Crippen molar-refractivity contribution in [1.82, 2.24) is 10.6 Å². The highest BCUT2D eigenvalue weighted by Gasteiger charge is 2.74. The Morgan fingerprint density at radius 2 is 1.70 bits per heavy atom. The fourth-order valence-corrected chi connectivity index (χ4v) is 3.20. The topological polar surface area (TPSA) is 108 Å². The van der Waals surface area contributed by atoms with Crippen LogP contribution in [0.15, 0.2) is 29.3 Å². The van der Waals surface area contributed by atoms with E-state index in [0.29, 0.717) is 0 Å². The standard InChI is InChI=1S/C19H19F3N4O4/c1-9-5-7-10(8-6-9)26-12-11(13(27)24-16(26)30)18(15(29)23-12,19(20,21)22)25-14(28)17(2,3)4/h5-8,11H,1-4H3,(H,25,28)(H,24,27,30). The van der Waals surface area contributed by atoms with Crippen LogP contribution in [0.5, 0.6) is 0 Å². The maximum atomic E-state index is 14.2. The van der Waals surface area contributed by atoms with Crippen LogP contribution in [0.3, 0.4) is 0 Å². The number of aliphatic imine (C=N–C) groups is 1. The van der Waals surface area contributed by atoms with Crippen LogP contribution in [0.25, 0.3) is 0 Å². The summed E-state index contributed by atoms with van der Waals surface area (Å²) in [5.74, 6) is -7.20. The van der Waals surface area contributed by atoms with Gasteiger partial charge in [0.05, 0.1) is 5.69 Å². The van der Waals surface area contributed by atoms with E-state index in [2.05, 4.69) is 4.99 Å². The molecule has 160 valence electrons. The lowest BCUT2D eigenvalue weighted by molar-refractivity contribution is -0.206. The number of imide groups is 1. The van der Waals surface area contributed by atoms with Crippen molar-refractivity contribution in [2.45, 2.75) is 39.4 Å². The van der Waals surface area contributed by atoms with E-state index in [0.717, 1.165) is 10.5 Å². The molecule has 30 heavy (non-hydrogen) atoms. The van der Waals surface area contributed by atoms with Gasteiger partial charge in [0.2, 0.25) is 17.4 Å². The molecule has 0 bridgehead atoms. The van der Waals surface area contributed by atoms with Crippen LogP contribution >= 0.6 is 0 Å². The molecule has 1 aromatic rings. The van der Waals surface area contributed by atoms with E-state index >= 15 is 0 Å². The number of nitrogens with zero attached hydrogens (tertiary/aromatic N) is 2. The second-order valence-electron chi connectivity index (χ2n) is 8.18. The van der Waals surface area contributed by atoms with Gasteiger partial charge < -0.3 is 5.32 Å². The zero-order valence-corrected chi connectivity index (χ0v) is 16.5. The molecular formula is C19H19F3N4O4. The quantitative estimate of drug-likeness (QED) is 0.758. The van der Waals surface area contributed by atoms with Gasteiger partial charge in [0.1, 0.15) is 11.8 Å². The number of aryl methyl sites for hydroxylation is 1. The van der Waals surface area contributed by atoms with Gasteiger partial charge in [0.15, 0.2) is 0 Å².